The van der Waals surface area contributed by atoms with Gasteiger partial charge in [0, 0.05) is 34.6 Å². The molecule has 4 rings (SSSR count). The Balaban J connectivity index is 1.52. The van der Waals surface area contributed by atoms with Crippen molar-refractivity contribution in [3.05, 3.63) is 78.6 Å². The highest BCUT2D eigenvalue weighted by Crippen LogP contribution is 2.37. The largest absolute Gasteiger partial charge is 0.507 e. The number of unbranched alkanes of at least 4 members (excludes halogenated alkanes) is 3. The fraction of sp³-hybridized carbons (Fsp3) is 0.241. The fourth-order valence-electron chi connectivity index (χ4n) is 4.10. The molecule has 174 valence electrons. The Morgan fingerprint density at radius 3 is 1.88 bits per heavy atom. The molecule has 5 heteroatoms. The number of benzene rings is 2. The zero-order valence-electron chi connectivity index (χ0n) is 19.7. The van der Waals surface area contributed by atoms with Crippen molar-refractivity contribution in [2.75, 3.05) is 7.11 Å². The second-order valence-electron chi connectivity index (χ2n) is 8.34. The Morgan fingerprint density at radius 2 is 1.32 bits per heavy atom. The van der Waals surface area contributed by atoms with Gasteiger partial charge in [0.2, 0.25) is 0 Å². The lowest BCUT2D eigenvalue weighted by Gasteiger charge is -2.11. The SMILES string of the molecule is CCCCCCc1cccc(-c2ccc(-c3ccc(-c4cccc(OC)c4O)cn3)nc2)c1O. The van der Waals surface area contributed by atoms with Gasteiger partial charge in [-0.2, -0.15) is 0 Å². The molecule has 0 spiro atoms. The predicted octanol–water partition coefficient (Wildman–Crippen LogP) is 7.02. The number of aryl methyl sites for hydroxylation is 1. The van der Waals surface area contributed by atoms with Crippen molar-refractivity contribution in [1.29, 1.82) is 0 Å². The minimum atomic E-state index is 0.0921. The zero-order chi connectivity index (χ0) is 23.9. The van der Waals surface area contributed by atoms with Crippen LogP contribution < -0.4 is 4.74 Å². The van der Waals surface area contributed by atoms with E-state index >= 15 is 0 Å². The van der Waals surface area contributed by atoms with Crippen LogP contribution in [0.3, 0.4) is 0 Å². The van der Waals surface area contributed by atoms with E-state index < -0.39 is 0 Å². The van der Waals surface area contributed by atoms with Gasteiger partial charge in [-0.15, -0.1) is 0 Å². The molecular formula is C29H30N2O3. The van der Waals surface area contributed by atoms with Crippen molar-refractivity contribution < 1.29 is 14.9 Å². The summed E-state index contributed by atoms with van der Waals surface area (Å²) in [5, 5.41) is 21.2. The summed E-state index contributed by atoms with van der Waals surface area (Å²) in [5.41, 5.74) is 5.56. The third kappa shape index (κ3) is 5.04. The van der Waals surface area contributed by atoms with Crippen LogP contribution in [0.25, 0.3) is 33.6 Å². The Kier molecular flexibility index (Phi) is 7.43. The number of hydrogen-bond acceptors (Lipinski definition) is 5. The minimum absolute atomic E-state index is 0.0921. The minimum Gasteiger partial charge on any atom is -0.507 e. The van der Waals surface area contributed by atoms with E-state index in [2.05, 4.69) is 16.9 Å². The maximum Gasteiger partial charge on any atom is 0.165 e. The van der Waals surface area contributed by atoms with Crippen molar-refractivity contribution in [2.45, 2.75) is 39.0 Å². The molecule has 2 heterocycles. The summed E-state index contributed by atoms with van der Waals surface area (Å²) in [5.74, 6) is 0.857. The average Bonchev–Trinajstić information content (AvgIpc) is 2.88. The standard InChI is InChI=1S/C29H30N2O3/c1-3-4-5-6-9-20-10-7-11-23(28(20)32)21-14-16-25(30-18-21)26-17-15-22(19-31-26)24-12-8-13-27(34-2)29(24)33/h7-8,10-19,32-33H,3-6,9H2,1-2H3. The molecule has 34 heavy (non-hydrogen) atoms. The lowest BCUT2D eigenvalue weighted by molar-refractivity contribution is 0.374. The summed E-state index contributed by atoms with van der Waals surface area (Å²) in [6.45, 7) is 2.20. The number of nitrogens with zero attached hydrogens (tertiary/aromatic N) is 2. The normalized spacial score (nSPS) is 10.9. The number of methoxy groups -OCH3 is 1. The van der Waals surface area contributed by atoms with Crippen LogP contribution in [0.4, 0.5) is 0 Å². The van der Waals surface area contributed by atoms with Crippen molar-refractivity contribution in [2.24, 2.45) is 0 Å². The van der Waals surface area contributed by atoms with Gasteiger partial charge in [0.1, 0.15) is 5.75 Å². The van der Waals surface area contributed by atoms with Gasteiger partial charge in [-0.3, -0.25) is 9.97 Å². The third-order valence-corrected chi connectivity index (χ3v) is 6.05. The molecule has 2 aromatic heterocycles. The average molecular weight is 455 g/mol. The van der Waals surface area contributed by atoms with Gasteiger partial charge in [-0.1, -0.05) is 68.7 Å². The van der Waals surface area contributed by atoms with E-state index in [9.17, 15) is 10.2 Å². The maximum absolute atomic E-state index is 10.8. The summed E-state index contributed by atoms with van der Waals surface area (Å²) in [7, 11) is 1.53. The monoisotopic (exact) mass is 454 g/mol. The van der Waals surface area contributed by atoms with E-state index in [0.717, 1.165) is 46.5 Å². The van der Waals surface area contributed by atoms with Crippen molar-refractivity contribution in [1.82, 2.24) is 9.97 Å². The number of rotatable bonds is 9. The number of ether oxygens (including phenoxy) is 1. The first-order valence-electron chi connectivity index (χ1n) is 11.7. The lowest BCUT2D eigenvalue weighted by Crippen LogP contribution is -1.92. The van der Waals surface area contributed by atoms with Gasteiger partial charge in [-0.05, 0) is 36.6 Å². The van der Waals surface area contributed by atoms with E-state index in [1.807, 2.05) is 54.6 Å². The molecular weight excluding hydrogens is 424 g/mol. The van der Waals surface area contributed by atoms with Crippen LogP contribution in [0.5, 0.6) is 17.2 Å². The van der Waals surface area contributed by atoms with Crippen molar-refractivity contribution >= 4 is 0 Å². The van der Waals surface area contributed by atoms with Crippen LogP contribution in [0.2, 0.25) is 0 Å². The molecule has 5 nitrogen and oxygen atoms in total. The number of hydrogen-bond donors (Lipinski definition) is 2. The second-order valence-corrected chi connectivity index (χ2v) is 8.34. The Bertz CT molecular complexity index is 1240. The number of aromatic hydroxyl groups is 2. The first-order valence-corrected chi connectivity index (χ1v) is 11.7. The molecule has 0 aliphatic rings. The van der Waals surface area contributed by atoms with Gasteiger partial charge in [0.05, 0.1) is 18.5 Å². The quantitative estimate of drug-likeness (QED) is 0.266. The highest BCUT2D eigenvalue weighted by atomic mass is 16.5. The van der Waals surface area contributed by atoms with Gasteiger partial charge in [-0.25, -0.2) is 0 Å². The fourth-order valence-corrected chi connectivity index (χ4v) is 4.10. The summed E-state index contributed by atoms with van der Waals surface area (Å²) < 4.78 is 5.19. The van der Waals surface area contributed by atoms with Crippen LogP contribution in [0.15, 0.2) is 73.1 Å². The zero-order valence-corrected chi connectivity index (χ0v) is 19.7. The van der Waals surface area contributed by atoms with E-state index in [4.69, 9.17) is 4.74 Å². The van der Waals surface area contributed by atoms with E-state index in [0.29, 0.717) is 17.1 Å². The predicted molar refractivity (Wildman–Crippen MR) is 136 cm³/mol. The van der Waals surface area contributed by atoms with Gasteiger partial charge >= 0.3 is 0 Å². The van der Waals surface area contributed by atoms with Crippen molar-refractivity contribution in [3.8, 4) is 50.9 Å². The smallest absolute Gasteiger partial charge is 0.165 e. The van der Waals surface area contributed by atoms with E-state index in [1.54, 1.807) is 18.5 Å². The molecule has 0 aliphatic heterocycles. The first-order chi connectivity index (χ1) is 16.6. The highest BCUT2D eigenvalue weighted by Gasteiger charge is 2.12. The summed E-state index contributed by atoms with van der Waals surface area (Å²) in [6.07, 6.45) is 9.05. The molecule has 2 aromatic carbocycles. The number of phenolic OH excluding ortho intramolecular Hbond substituents is 2. The van der Waals surface area contributed by atoms with Crippen LogP contribution in [0, 0.1) is 0 Å². The summed E-state index contributed by atoms with van der Waals surface area (Å²) in [4.78, 5) is 9.13. The van der Waals surface area contributed by atoms with Crippen LogP contribution in [-0.4, -0.2) is 27.3 Å². The second kappa shape index (κ2) is 10.8. The highest BCUT2D eigenvalue weighted by molar-refractivity contribution is 5.75. The number of para-hydroxylation sites is 2. The Morgan fingerprint density at radius 1 is 0.706 bits per heavy atom. The molecule has 2 N–H and O–H groups in total. The Hall–Kier alpha value is -3.86. The van der Waals surface area contributed by atoms with Gasteiger partial charge in [0.15, 0.2) is 11.5 Å². The molecule has 0 amide bonds. The molecule has 0 saturated heterocycles. The number of pyridine rings is 2. The topological polar surface area (TPSA) is 75.5 Å². The van der Waals surface area contributed by atoms with Crippen molar-refractivity contribution in [3.63, 3.8) is 0 Å². The molecule has 0 atom stereocenters. The molecule has 0 aliphatic carbocycles. The molecule has 0 saturated carbocycles. The maximum atomic E-state index is 10.8. The number of phenols is 2. The first kappa shape index (κ1) is 23.3. The summed E-state index contributed by atoms with van der Waals surface area (Å²) >= 11 is 0. The molecule has 0 bridgehead atoms. The molecule has 0 unspecified atom stereocenters. The van der Waals surface area contributed by atoms with Crippen LogP contribution in [0.1, 0.15) is 38.2 Å². The third-order valence-electron chi connectivity index (χ3n) is 6.05. The van der Waals surface area contributed by atoms with Crippen LogP contribution in [-0.2, 0) is 6.42 Å². The van der Waals surface area contributed by atoms with Gasteiger partial charge < -0.3 is 14.9 Å². The summed E-state index contributed by atoms with van der Waals surface area (Å²) in [6, 6.07) is 18.9. The van der Waals surface area contributed by atoms with E-state index in [-0.39, 0.29) is 5.75 Å². The van der Waals surface area contributed by atoms with Gasteiger partial charge in [0.25, 0.3) is 0 Å². The Labute approximate surface area is 200 Å². The van der Waals surface area contributed by atoms with Crippen LogP contribution >= 0.6 is 0 Å². The number of aromatic nitrogens is 2. The molecule has 0 radical (unpaired) electrons. The lowest BCUT2D eigenvalue weighted by atomic mass is 9.99. The molecule has 0 fully saturated rings. The molecule has 4 aromatic rings. The van der Waals surface area contributed by atoms with E-state index in [1.165, 1.54) is 26.4 Å².